The van der Waals surface area contributed by atoms with Crippen LogP contribution in [-0.2, 0) is 29.2 Å². The van der Waals surface area contributed by atoms with Gasteiger partial charge in [-0.15, -0.1) is 0 Å². The monoisotopic (exact) mass is 346 g/mol. The largest absolute Gasteiger partial charge is 0.350 e. The van der Waals surface area contributed by atoms with Crippen LogP contribution in [0, 0.1) is 11.8 Å². The molecule has 1 unspecified atom stereocenters. The van der Waals surface area contributed by atoms with Gasteiger partial charge in [0.15, 0.2) is 0 Å². The maximum atomic E-state index is 12.5. The predicted octanol–water partition coefficient (Wildman–Crippen LogP) is 2.47. The molecule has 6 nitrogen and oxygen atoms in total. The summed E-state index contributed by atoms with van der Waals surface area (Å²) in [6, 6.07) is 2.04. The maximum Gasteiger partial charge on any atom is 0.226 e. The van der Waals surface area contributed by atoms with Gasteiger partial charge in [-0.1, -0.05) is 26.7 Å². The second kappa shape index (κ2) is 8.02. The molecule has 1 aromatic heterocycles. The number of aryl methyl sites for hydroxylation is 1. The molecule has 0 radical (unpaired) electrons. The van der Waals surface area contributed by atoms with E-state index in [2.05, 4.69) is 17.3 Å². The Labute approximate surface area is 149 Å². The smallest absolute Gasteiger partial charge is 0.226 e. The minimum atomic E-state index is 0.0426. The summed E-state index contributed by atoms with van der Waals surface area (Å²) in [6.07, 6.45) is 6.13. The Morgan fingerprint density at radius 3 is 2.80 bits per heavy atom. The van der Waals surface area contributed by atoms with Crippen molar-refractivity contribution in [1.29, 1.82) is 0 Å². The van der Waals surface area contributed by atoms with Crippen LogP contribution in [0.15, 0.2) is 6.07 Å². The molecule has 6 heteroatoms. The fraction of sp³-hybridized carbons (Fsp3) is 0.737. The Bertz CT molecular complexity index is 621. The van der Waals surface area contributed by atoms with Crippen LogP contribution >= 0.6 is 0 Å². The Kier molecular flexibility index (Phi) is 5.76. The lowest BCUT2D eigenvalue weighted by molar-refractivity contribution is -0.138. The molecular weight excluding hydrogens is 316 g/mol. The number of rotatable bonds is 6. The Balaban J connectivity index is 1.59. The Hall–Kier alpha value is -1.85. The van der Waals surface area contributed by atoms with E-state index >= 15 is 0 Å². The van der Waals surface area contributed by atoms with Crippen LogP contribution in [0.5, 0.6) is 0 Å². The van der Waals surface area contributed by atoms with Crippen molar-refractivity contribution in [3.63, 3.8) is 0 Å². The van der Waals surface area contributed by atoms with E-state index < -0.39 is 0 Å². The second-order valence-corrected chi connectivity index (χ2v) is 7.50. The highest BCUT2D eigenvalue weighted by atomic mass is 16.2. The van der Waals surface area contributed by atoms with Gasteiger partial charge in [-0.2, -0.15) is 5.10 Å². The van der Waals surface area contributed by atoms with E-state index in [0.29, 0.717) is 19.0 Å². The van der Waals surface area contributed by atoms with Crippen molar-refractivity contribution in [2.75, 3.05) is 6.54 Å². The van der Waals surface area contributed by atoms with Gasteiger partial charge in [0.25, 0.3) is 0 Å². The van der Waals surface area contributed by atoms with Crippen LogP contribution in [0.3, 0.4) is 0 Å². The number of amides is 2. The molecule has 1 atom stereocenters. The van der Waals surface area contributed by atoms with E-state index in [1.165, 1.54) is 6.42 Å². The predicted molar refractivity (Wildman–Crippen MR) is 95.5 cm³/mol. The van der Waals surface area contributed by atoms with Crippen LogP contribution in [-0.4, -0.2) is 33.0 Å². The van der Waals surface area contributed by atoms with Crippen molar-refractivity contribution >= 4 is 11.8 Å². The Morgan fingerprint density at radius 2 is 2.12 bits per heavy atom. The molecule has 1 fully saturated rings. The van der Waals surface area contributed by atoms with Gasteiger partial charge < -0.3 is 10.2 Å². The van der Waals surface area contributed by atoms with Gasteiger partial charge in [0.2, 0.25) is 11.8 Å². The van der Waals surface area contributed by atoms with E-state index in [1.54, 1.807) is 0 Å². The van der Waals surface area contributed by atoms with Gasteiger partial charge in [0.05, 0.1) is 24.5 Å². The number of hydrogen-bond donors (Lipinski definition) is 1. The molecule has 3 rings (SSSR count). The first-order chi connectivity index (χ1) is 12.1. The van der Waals surface area contributed by atoms with Crippen molar-refractivity contribution in [3.8, 4) is 0 Å². The Morgan fingerprint density at radius 1 is 1.32 bits per heavy atom. The van der Waals surface area contributed by atoms with Crippen LogP contribution < -0.4 is 5.32 Å². The van der Waals surface area contributed by atoms with E-state index in [9.17, 15) is 9.59 Å². The van der Waals surface area contributed by atoms with E-state index in [4.69, 9.17) is 0 Å². The molecule has 0 saturated heterocycles. The maximum absolute atomic E-state index is 12.5. The van der Waals surface area contributed by atoms with E-state index in [-0.39, 0.29) is 17.7 Å². The second-order valence-electron chi connectivity index (χ2n) is 7.50. The number of carbonyl (C=O) groups is 2. The summed E-state index contributed by atoms with van der Waals surface area (Å²) in [7, 11) is 0. The number of carbonyl (C=O) groups excluding carboxylic acids is 2. The lowest BCUT2D eigenvalue weighted by Gasteiger charge is -2.30. The summed E-state index contributed by atoms with van der Waals surface area (Å²) in [4.78, 5) is 26.6. The number of fused-ring (bicyclic) bond motifs is 1. The van der Waals surface area contributed by atoms with Gasteiger partial charge in [-0.25, -0.2) is 0 Å². The molecular formula is C19H30N4O2. The summed E-state index contributed by atoms with van der Waals surface area (Å²) in [6.45, 7) is 6.81. The number of nitrogens with zero attached hydrogens (tertiary/aromatic N) is 3. The summed E-state index contributed by atoms with van der Waals surface area (Å²) in [5.41, 5.74) is 1.96. The van der Waals surface area contributed by atoms with Crippen molar-refractivity contribution < 1.29 is 9.59 Å². The van der Waals surface area contributed by atoms with Crippen LogP contribution in [0.25, 0.3) is 0 Å². The van der Waals surface area contributed by atoms with Gasteiger partial charge in [0.1, 0.15) is 0 Å². The van der Waals surface area contributed by atoms with E-state index in [1.807, 2.05) is 22.6 Å². The average Bonchev–Trinajstić information content (AvgIpc) is 2.81. The topological polar surface area (TPSA) is 67.2 Å². The minimum Gasteiger partial charge on any atom is -0.350 e. The zero-order valence-electron chi connectivity index (χ0n) is 15.5. The van der Waals surface area contributed by atoms with Gasteiger partial charge >= 0.3 is 0 Å². The van der Waals surface area contributed by atoms with Crippen LogP contribution in [0.1, 0.15) is 63.8 Å². The highest BCUT2D eigenvalue weighted by Gasteiger charge is 2.30. The number of aromatic nitrogens is 2. The molecule has 1 N–H and O–H groups in total. The first-order valence-electron chi connectivity index (χ1n) is 9.70. The van der Waals surface area contributed by atoms with Crippen LogP contribution in [0.2, 0.25) is 0 Å². The molecule has 1 aliphatic heterocycles. The fourth-order valence-electron chi connectivity index (χ4n) is 3.63. The average molecular weight is 346 g/mol. The third kappa shape index (κ3) is 4.22. The molecule has 1 saturated carbocycles. The minimum absolute atomic E-state index is 0.0426. The first-order valence-corrected chi connectivity index (χ1v) is 9.70. The molecule has 2 amide bonds. The van der Waals surface area contributed by atoms with Gasteiger partial charge in [-0.05, 0) is 31.7 Å². The molecule has 0 spiro atoms. The van der Waals surface area contributed by atoms with Gasteiger partial charge in [-0.3, -0.25) is 14.3 Å². The fourth-order valence-corrected chi connectivity index (χ4v) is 3.63. The van der Waals surface area contributed by atoms with E-state index in [0.717, 1.165) is 56.6 Å². The summed E-state index contributed by atoms with van der Waals surface area (Å²) < 4.78 is 2.00. The first kappa shape index (κ1) is 18.0. The highest BCUT2D eigenvalue weighted by Crippen LogP contribution is 2.29. The number of hydrogen-bond acceptors (Lipinski definition) is 3. The molecule has 25 heavy (non-hydrogen) atoms. The summed E-state index contributed by atoms with van der Waals surface area (Å²) in [5, 5.41) is 7.61. The molecule has 0 bridgehead atoms. The third-order valence-corrected chi connectivity index (χ3v) is 5.44. The van der Waals surface area contributed by atoms with Crippen LogP contribution in [0.4, 0.5) is 0 Å². The lowest BCUT2D eigenvalue weighted by Crippen LogP contribution is -2.38. The SMILES string of the molecule is CCCC(C)C(=O)NCc1cc2n(n1)CCCN(C(=O)C1CCC1)C2. The zero-order valence-corrected chi connectivity index (χ0v) is 15.5. The zero-order chi connectivity index (χ0) is 17.8. The molecule has 2 heterocycles. The molecule has 1 aliphatic carbocycles. The van der Waals surface area contributed by atoms with Gasteiger partial charge in [0, 0.05) is 24.9 Å². The standard InChI is InChI=1S/C19H30N4O2/c1-3-6-14(2)18(24)20-12-16-11-17-13-22(9-5-10-23(17)21-16)19(25)15-7-4-8-15/h11,14-15H,3-10,12-13H2,1-2H3,(H,20,24). The molecule has 2 aliphatic rings. The summed E-state index contributed by atoms with van der Waals surface area (Å²) in [5.74, 6) is 0.685. The molecule has 0 aromatic carbocycles. The normalized spacial score (nSPS) is 18.9. The lowest BCUT2D eigenvalue weighted by atomic mass is 9.84. The third-order valence-electron chi connectivity index (χ3n) is 5.44. The molecule has 138 valence electrons. The highest BCUT2D eigenvalue weighted by molar-refractivity contribution is 5.79. The quantitative estimate of drug-likeness (QED) is 0.860. The van der Waals surface area contributed by atoms with Crippen molar-refractivity contribution in [1.82, 2.24) is 20.0 Å². The van der Waals surface area contributed by atoms with Crippen molar-refractivity contribution in [3.05, 3.63) is 17.5 Å². The molecule has 1 aromatic rings. The summed E-state index contributed by atoms with van der Waals surface area (Å²) >= 11 is 0. The van der Waals surface area contributed by atoms with Crippen molar-refractivity contribution in [2.45, 2.75) is 72.0 Å². The van der Waals surface area contributed by atoms with Crippen molar-refractivity contribution in [2.24, 2.45) is 11.8 Å². The number of nitrogens with one attached hydrogen (secondary N) is 1.